The number of amides is 1. The molecule has 0 aromatic heterocycles. The quantitative estimate of drug-likeness (QED) is 0.0320. The Labute approximate surface area is 544 Å². The largest absolute Gasteiger partial charge is 0.466 e. The molecule has 0 aromatic carbocycles. The molecule has 6 heteroatoms. The average molecular weight is 1220 g/mol. The molecule has 0 bridgehead atoms. The maximum Gasteiger partial charge on any atom is 0.305 e. The van der Waals surface area contributed by atoms with E-state index >= 15 is 0 Å². The Morgan fingerprint density at radius 2 is 0.575 bits per heavy atom. The van der Waals surface area contributed by atoms with E-state index in [1.165, 1.54) is 340 Å². The van der Waals surface area contributed by atoms with Crippen molar-refractivity contribution in [3.63, 3.8) is 0 Å². The summed E-state index contributed by atoms with van der Waals surface area (Å²) in [6.07, 6.45) is 101. The zero-order valence-corrected chi connectivity index (χ0v) is 58.8. The molecule has 3 N–H and O–H groups in total. The van der Waals surface area contributed by atoms with Crippen LogP contribution < -0.4 is 5.32 Å². The van der Waals surface area contributed by atoms with E-state index in [0.717, 1.165) is 57.8 Å². The summed E-state index contributed by atoms with van der Waals surface area (Å²) in [7, 11) is 0. The molecule has 2 atom stereocenters. The zero-order valence-electron chi connectivity index (χ0n) is 58.8. The van der Waals surface area contributed by atoms with Crippen molar-refractivity contribution in [3.8, 4) is 0 Å². The lowest BCUT2D eigenvalue weighted by Gasteiger charge is -2.22. The summed E-state index contributed by atoms with van der Waals surface area (Å²) in [4.78, 5) is 24.6. The van der Waals surface area contributed by atoms with Gasteiger partial charge in [-0.2, -0.15) is 0 Å². The highest BCUT2D eigenvalue weighted by Crippen LogP contribution is 2.19. The first kappa shape index (κ1) is 84.8. The molecule has 6 nitrogen and oxygen atoms in total. The number of unbranched alkanes of at least 4 members (excludes halogenated alkanes) is 55. The highest BCUT2D eigenvalue weighted by molar-refractivity contribution is 5.76. The molecular weight excluding hydrogens is 1070 g/mol. The van der Waals surface area contributed by atoms with Crippen LogP contribution in [-0.4, -0.2) is 47.4 Å². The Morgan fingerprint density at radius 3 is 0.885 bits per heavy atom. The Balaban J connectivity index is 3.36. The fourth-order valence-corrected chi connectivity index (χ4v) is 12.4. The summed E-state index contributed by atoms with van der Waals surface area (Å²) in [5.74, 6) is -0.0231. The summed E-state index contributed by atoms with van der Waals surface area (Å²) >= 11 is 0. The molecular formula is C81H153NO5. The number of nitrogens with one attached hydrogen (secondary N) is 1. The highest BCUT2D eigenvalue weighted by Gasteiger charge is 2.20. The summed E-state index contributed by atoms with van der Waals surface area (Å²) in [5, 5.41) is 23.4. The second-order valence-electron chi connectivity index (χ2n) is 27.0. The van der Waals surface area contributed by atoms with Gasteiger partial charge in [0.2, 0.25) is 5.91 Å². The first-order valence-electron chi connectivity index (χ1n) is 39.4. The second-order valence-corrected chi connectivity index (χ2v) is 27.0. The summed E-state index contributed by atoms with van der Waals surface area (Å²) < 4.78 is 5.49. The van der Waals surface area contributed by atoms with Gasteiger partial charge in [0.05, 0.1) is 25.4 Å². The third kappa shape index (κ3) is 72.8. The van der Waals surface area contributed by atoms with Crippen molar-refractivity contribution in [2.75, 3.05) is 13.2 Å². The Morgan fingerprint density at radius 1 is 0.322 bits per heavy atom. The molecule has 0 radical (unpaired) electrons. The third-order valence-corrected chi connectivity index (χ3v) is 18.4. The van der Waals surface area contributed by atoms with Crippen LogP contribution in [0.5, 0.6) is 0 Å². The van der Waals surface area contributed by atoms with Crippen molar-refractivity contribution in [2.45, 2.75) is 443 Å². The van der Waals surface area contributed by atoms with Crippen molar-refractivity contribution < 1.29 is 24.5 Å². The zero-order chi connectivity index (χ0) is 62.8. The van der Waals surface area contributed by atoms with Crippen LogP contribution >= 0.6 is 0 Å². The van der Waals surface area contributed by atoms with Gasteiger partial charge in [-0.25, -0.2) is 0 Å². The normalized spacial score (nSPS) is 12.7. The third-order valence-electron chi connectivity index (χ3n) is 18.4. The van der Waals surface area contributed by atoms with E-state index in [-0.39, 0.29) is 18.5 Å². The van der Waals surface area contributed by atoms with Crippen LogP contribution in [0.4, 0.5) is 0 Å². The van der Waals surface area contributed by atoms with Crippen molar-refractivity contribution in [1.82, 2.24) is 5.32 Å². The van der Waals surface area contributed by atoms with E-state index in [1.54, 1.807) is 0 Å². The fourth-order valence-electron chi connectivity index (χ4n) is 12.4. The minimum absolute atomic E-state index is 0.00561. The molecule has 0 saturated carbocycles. The topological polar surface area (TPSA) is 95.9 Å². The molecule has 0 heterocycles. The van der Waals surface area contributed by atoms with E-state index in [0.29, 0.717) is 25.9 Å². The SMILES string of the molecule is CCCCCC/C=C\C/C=C\CCCCCCCC(=O)OCCCCCCCCCCCCCCC/C=C\C/C=C\CCCCCCCCCCCCCCCCCCCC(=O)NC(CO)C(O)CCCCCCCCCCCCCCCCCCC. The van der Waals surface area contributed by atoms with Gasteiger partial charge < -0.3 is 20.3 Å². The molecule has 0 aromatic rings. The minimum atomic E-state index is -0.663. The van der Waals surface area contributed by atoms with Crippen molar-refractivity contribution >= 4 is 11.9 Å². The first-order valence-corrected chi connectivity index (χ1v) is 39.4. The van der Waals surface area contributed by atoms with E-state index in [2.05, 4.69) is 67.8 Å². The number of hydrogen-bond acceptors (Lipinski definition) is 5. The van der Waals surface area contributed by atoms with Gasteiger partial charge in [-0.1, -0.05) is 377 Å². The molecule has 0 saturated heterocycles. The van der Waals surface area contributed by atoms with Crippen LogP contribution in [0.3, 0.4) is 0 Å². The van der Waals surface area contributed by atoms with Crippen LogP contribution in [0.15, 0.2) is 48.6 Å². The second kappa shape index (κ2) is 76.3. The first-order chi connectivity index (χ1) is 43.0. The van der Waals surface area contributed by atoms with Gasteiger partial charge in [0, 0.05) is 12.8 Å². The number of esters is 1. The van der Waals surface area contributed by atoms with E-state index in [1.807, 2.05) is 0 Å². The average Bonchev–Trinajstić information content (AvgIpc) is 3.53. The lowest BCUT2D eigenvalue weighted by Crippen LogP contribution is -2.45. The monoisotopic (exact) mass is 1220 g/mol. The molecule has 0 rings (SSSR count). The molecule has 0 aliphatic carbocycles. The number of rotatable bonds is 74. The number of aliphatic hydroxyl groups is 2. The van der Waals surface area contributed by atoms with E-state index < -0.39 is 12.1 Å². The number of aliphatic hydroxyl groups excluding tert-OH is 2. The smallest absolute Gasteiger partial charge is 0.305 e. The molecule has 0 spiro atoms. The number of carbonyl (C=O) groups is 2. The number of ether oxygens (including phenoxy) is 1. The molecule has 0 fully saturated rings. The van der Waals surface area contributed by atoms with E-state index in [9.17, 15) is 19.8 Å². The maximum absolute atomic E-state index is 12.5. The van der Waals surface area contributed by atoms with Crippen molar-refractivity contribution in [1.29, 1.82) is 0 Å². The maximum atomic E-state index is 12.5. The minimum Gasteiger partial charge on any atom is -0.466 e. The summed E-state index contributed by atoms with van der Waals surface area (Å²) in [6, 6.07) is -0.540. The predicted octanol–water partition coefficient (Wildman–Crippen LogP) is 26.0. The van der Waals surface area contributed by atoms with Crippen LogP contribution in [0.2, 0.25) is 0 Å². The molecule has 512 valence electrons. The van der Waals surface area contributed by atoms with Gasteiger partial charge in [-0.3, -0.25) is 9.59 Å². The Bertz CT molecular complexity index is 1450. The molecule has 0 aliphatic heterocycles. The molecule has 87 heavy (non-hydrogen) atoms. The number of carbonyl (C=O) groups excluding carboxylic acids is 2. The number of allylic oxidation sites excluding steroid dienone is 8. The van der Waals surface area contributed by atoms with Gasteiger partial charge in [0.25, 0.3) is 0 Å². The number of hydrogen-bond donors (Lipinski definition) is 3. The highest BCUT2D eigenvalue weighted by atomic mass is 16.5. The van der Waals surface area contributed by atoms with Crippen LogP contribution in [-0.2, 0) is 14.3 Å². The van der Waals surface area contributed by atoms with Gasteiger partial charge in [0.1, 0.15) is 0 Å². The van der Waals surface area contributed by atoms with Crippen molar-refractivity contribution in [2.24, 2.45) is 0 Å². The van der Waals surface area contributed by atoms with Crippen LogP contribution in [0.1, 0.15) is 431 Å². The lowest BCUT2D eigenvalue weighted by molar-refractivity contribution is -0.143. The molecule has 1 amide bonds. The van der Waals surface area contributed by atoms with Crippen LogP contribution in [0, 0.1) is 0 Å². The van der Waals surface area contributed by atoms with Crippen LogP contribution in [0.25, 0.3) is 0 Å². The fraction of sp³-hybridized carbons (Fsp3) is 0.877. The summed E-state index contributed by atoms with van der Waals surface area (Å²) in [5.41, 5.74) is 0. The molecule has 0 aliphatic rings. The van der Waals surface area contributed by atoms with Gasteiger partial charge >= 0.3 is 5.97 Å². The lowest BCUT2D eigenvalue weighted by atomic mass is 10.0. The Kier molecular flexibility index (Phi) is 74.4. The Hall–Kier alpha value is -2.18. The standard InChI is InChI=1S/C81H153NO5/c1-3-5-7-9-11-13-15-17-19-42-45-49-53-57-61-65-69-73-79(84)78(77-83)82-80(85)74-70-66-62-58-54-50-46-43-40-38-36-34-32-30-28-26-24-22-21-23-25-27-29-31-33-35-37-39-41-44-48-52-56-60-64-68-72-76-87-81(86)75-71-67-63-59-55-51-47-20-18-16-14-12-10-8-6-4-2/h14,16,20-21,23,27,29,47,78-79,83-84H,3-13,15,17-19,22,24-26,28,30-46,48-77H2,1-2H3,(H,82,85)/b16-14-,23-21-,29-27-,47-20-. The van der Waals surface area contributed by atoms with E-state index in [4.69, 9.17) is 4.74 Å². The van der Waals surface area contributed by atoms with Gasteiger partial charge in [-0.05, 0) is 89.9 Å². The van der Waals surface area contributed by atoms with Gasteiger partial charge in [-0.15, -0.1) is 0 Å². The van der Waals surface area contributed by atoms with Crippen molar-refractivity contribution in [3.05, 3.63) is 48.6 Å². The predicted molar refractivity (Wildman–Crippen MR) is 384 cm³/mol. The van der Waals surface area contributed by atoms with Gasteiger partial charge in [0.15, 0.2) is 0 Å². The molecule has 2 unspecified atom stereocenters. The summed E-state index contributed by atoms with van der Waals surface area (Å²) in [6.45, 7) is 4.97.